The molecule has 2 aromatic heterocycles. The van der Waals surface area contributed by atoms with Gasteiger partial charge in [-0.15, -0.1) is 23.5 Å². The van der Waals surface area contributed by atoms with Crippen molar-refractivity contribution in [3.8, 4) is 0 Å². The Morgan fingerprint density at radius 2 is 1.98 bits per heavy atom. The Labute approximate surface area is 241 Å². The maximum absolute atomic E-state index is 13.2. The fourth-order valence-corrected chi connectivity index (χ4v) is 8.25. The molecule has 2 aliphatic heterocycles. The van der Waals surface area contributed by atoms with Gasteiger partial charge in [0.25, 0.3) is 17.4 Å². The van der Waals surface area contributed by atoms with E-state index in [0.29, 0.717) is 5.57 Å². The quantitative estimate of drug-likeness (QED) is 0.106. The van der Waals surface area contributed by atoms with Crippen molar-refractivity contribution in [1.82, 2.24) is 23.9 Å². The van der Waals surface area contributed by atoms with E-state index in [9.17, 15) is 34.2 Å². The number of nitrogens with zero attached hydrogens (tertiary/aromatic N) is 4. The average molecular weight is 628 g/mol. The molecule has 212 valence electrons. The lowest BCUT2D eigenvalue weighted by molar-refractivity contribution is -0.150. The summed E-state index contributed by atoms with van der Waals surface area (Å²) in [7, 11) is 0. The lowest BCUT2D eigenvalue weighted by atomic mass is 10.0. The molecule has 6 N–H and O–H groups in total. The Kier molecular flexibility index (Phi) is 8.15. The summed E-state index contributed by atoms with van der Waals surface area (Å²) in [4.78, 5) is 72.2. The first-order chi connectivity index (χ1) is 19.2. The van der Waals surface area contributed by atoms with Gasteiger partial charge in [-0.3, -0.25) is 23.7 Å². The van der Waals surface area contributed by atoms with Crippen LogP contribution in [0.5, 0.6) is 0 Å². The number of fused-ring (bicyclic) bond motifs is 1. The number of rotatable bonds is 10. The fourth-order valence-electron chi connectivity index (χ4n) is 4.37. The number of aromatic amines is 1. The Balaban J connectivity index is 1.31. The maximum atomic E-state index is 13.2. The van der Waals surface area contributed by atoms with Gasteiger partial charge in [-0.25, -0.2) is 9.59 Å². The molecule has 5 rings (SSSR count). The summed E-state index contributed by atoms with van der Waals surface area (Å²) >= 11 is 3.95. The maximum Gasteiger partial charge on any atom is 0.352 e. The number of carboxylic acids is 2. The van der Waals surface area contributed by atoms with Crippen molar-refractivity contribution in [3.63, 3.8) is 0 Å². The van der Waals surface area contributed by atoms with Crippen LogP contribution in [-0.4, -0.2) is 87.3 Å². The summed E-state index contributed by atoms with van der Waals surface area (Å²) in [5.74, 6) is -3.93. The molecule has 2 fully saturated rings. The highest BCUT2D eigenvalue weighted by molar-refractivity contribution is 8.02. The zero-order chi connectivity index (χ0) is 28.6. The number of β-lactam (4-membered cyclic amide) rings is 1. The molecule has 2 aromatic rings. The predicted molar refractivity (Wildman–Crippen MR) is 147 cm³/mol. The molecule has 1 saturated carbocycles. The van der Waals surface area contributed by atoms with Crippen molar-refractivity contribution in [1.29, 1.82) is 0 Å². The van der Waals surface area contributed by atoms with Gasteiger partial charge >= 0.3 is 11.9 Å². The smallest absolute Gasteiger partial charge is 0.352 e. The van der Waals surface area contributed by atoms with Crippen LogP contribution in [0.4, 0.5) is 5.13 Å². The van der Waals surface area contributed by atoms with E-state index in [1.165, 1.54) is 11.8 Å². The molecular formula is C21H21N7O8S4. The van der Waals surface area contributed by atoms with Crippen LogP contribution in [0.2, 0.25) is 0 Å². The van der Waals surface area contributed by atoms with Crippen LogP contribution in [0.3, 0.4) is 0 Å². The van der Waals surface area contributed by atoms with Crippen LogP contribution in [-0.2, 0) is 19.2 Å². The minimum atomic E-state index is -1.39. The first kappa shape index (κ1) is 28.1. The number of nitrogen functional groups attached to an aromatic ring is 1. The third-order valence-electron chi connectivity index (χ3n) is 6.26. The summed E-state index contributed by atoms with van der Waals surface area (Å²) in [5, 5.41) is 25.2. The van der Waals surface area contributed by atoms with E-state index in [1.54, 1.807) is 0 Å². The second-order valence-electron chi connectivity index (χ2n) is 8.82. The van der Waals surface area contributed by atoms with E-state index in [1.807, 2.05) is 0 Å². The number of aromatic carboxylic acids is 1. The number of hydrogen-bond acceptors (Lipinski definition) is 14. The Morgan fingerprint density at radius 1 is 1.23 bits per heavy atom. The SMILES string of the molecule is Nc1nc(/C(=N\OC2CCCC2)C(=O)NC2C(=O)N3C(C(=O)O)=C(CSc4s[nH]c(=O)c4C(=O)O)CSC23)ns1. The van der Waals surface area contributed by atoms with Crippen LogP contribution in [0.25, 0.3) is 0 Å². The van der Waals surface area contributed by atoms with Crippen LogP contribution >= 0.6 is 46.6 Å². The second-order valence-corrected chi connectivity index (χ2v) is 12.8. The number of oxime groups is 1. The molecule has 2 atom stereocenters. The first-order valence-electron chi connectivity index (χ1n) is 11.8. The number of nitrogens with two attached hydrogens (primary N) is 1. The molecular weight excluding hydrogens is 607 g/mol. The minimum Gasteiger partial charge on any atom is -0.477 e. The third-order valence-corrected chi connectivity index (χ3v) is 10.4. The molecule has 0 aromatic carbocycles. The zero-order valence-corrected chi connectivity index (χ0v) is 23.6. The molecule has 2 amide bonds. The van der Waals surface area contributed by atoms with Gasteiger partial charge in [0.2, 0.25) is 11.5 Å². The topological polar surface area (TPSA) is 230 Å². The summed E-state index contributed by atoms with van der Waals surface area (Å²) in [6.07, 6.45) is 3.42. The number of nitrogens with one attached hydrogen (secondary N) is 2. The number of hydrogen-bond donors (Lipinski definition) is 5. The van der Waals surface area contributed by atoms with Crippen molar-refractivity contribution >= 4 is 81.2 Å². The van der Waals surface area contributed by atoms with Crippen molar-refractivity contribution in [2.75, 3.05) is 17.2 Å². The molecule has 0 radical (unpaired) electrons. The predicted octanol–water partition coefficient (Wildman–Crippen LogP) is 0.762. The van der Waals surface area contributed by atoms with Gasteiger partial charge in [-0.2, -0.15) is 9.36 Å². The van der Waals surface area contributed by atoms with Crippen LogP contribution in [0.15, 0.2) is 25.4 Å². The number of carbonyl (C=O) groups is 4. The molecule has 19 heteroatoms. The minimum absolute atomic E-state index is 0.0441. The van der Waals surface area contributed by atoms with E-state index in [2.05, 4.69) is 24.2 Å². The van der Waals surface area contributed by atoms with Crippen molar-refractivity contribution in [2.24, 2.45) is 5.16 Å². The van der Waals surface area contributed by atoms with Gasteiger partial charge in [0.15, 0.2) is 10.7 Å². The monoisotopic (exact) mass is 627 g/mol. The standard InChI is InChI=1S/C21H21N7O8S4/c22-21-24-13(26-40-21)10(25-36-8-3-1-2-4-8)15(30)23-11-16(31)28-12(19(34)35)7(5-37-17(11)28)6-38-20-9(18(32)33)14(29)27-39-20/h8,11,17H,1-6H2,(H,23,30)(H,27,29)(H,32,33)(H,34,35)(H2,22,24,26)/b25-10+. The molecule has 1 saturated heterocycles. The number of anilines is 1. The molecule has 15 nitrogen and oxygen atoms in total. The van der Waals surface area contributed by atoms with E-state index >= 15 is 0 Å². The van der Waals surface area contributed by atoms with E-state index in [-0.39, 0.29) is 44.2 Å². The highest BCUT2D eigenvalue weighted by Crippen LogP contribution is 2.42. The second kappa shape index (κ2) is 11.6. The summed E-state index contributed by atoms with van der Waals surface area (Å²) in [5.41, 5.74) is 4.42. The van der Waals surface area contributed by atoms with Gasteiger partial charge in [0.1, 0.15) is 23.2 Å². The van der Waals surface area contributed by atoms with Crippen molar-refractivity contribution < 1.29 is 34.2 Å². The number of thioether (sulfide) groups is 2. The molecule has 1 aliphatic carbocycles. The molecule has 0 spiro atoms. The summed E-state index contributed by atoms with van der Waals surface area (Å²) < 4.78 is 6.58. The number of aliphatic carboxylic acids is 1. The normalized spacial score (nSPS) is 21.2. The van der Waals surface area contributed by atoms with Crippen LogP contribution in [0.1, 0.15) is 41.9 Å². The molecule has 2 unspecified atom stereocenters. The van der Waals surface area contributed by atoms with E-state index in [4.69, 9.17) is 10.6 Å². The summed E-state index contributed by atoms with van der Waals surface area (Å²) in [6, 6.07) is -1.04. The number of carboxylic acid groups (broad SMARTS) is 2. The van der Waals surface area contributed by atoms with Gasteiger partial charge in [-0.05, 0) is 31.3 Å². The first-order valence-corrected chi connectivity index (χ1v) is 15.4. The number of H-pyrrole nitrogens is 1. The molecule has 40 heavy (non-hydrogen) atoms. The lowest BCUT2D eigenvalue weighted by Crippen LogP contribution is -2.71. The highest BCUT2D eigenvalue weighted by Gasteiger charge is 2.54. The van der Waals surface area contributed by atoms with E-state index in [0.717, 1.165) is 65.4 Å². The van der Waals surface area contributed by atoms with Crippen molar-refractivity contribution in [3.05, 3.63) is 33.0 Å². The van der Waals surface area contributed by atoms with Gasteiger partial charge in [-0.1, -0.05) is 16.7 Å². The number of amides is 2. The molecule has 3 aliphatic rings. The Bertz CT molecular complexity index is 1490. The zero-order valence-electron chi connectivity index (χ0n) is 20.3. The van der Waals surface area contributed by atoms with Gasteiger partial charge < -0.3 is 26.1 Å². The van der Waals surface area contributed by atoms with Gasteiger partial charge in [0.05, 0.1) is 4.21 Å². The fraction of sp³-hybridized carbons (Fsp3) is 0.429. The number of carbonyl (C=O) groups excluding carboxylic acids is 2. The van der Waals surface area contributed by atoms with Gasteiger partial charge in [0, 0.05) is 23.0 Å². The van der Waals surface area contributed by atoms with Crippen LogP contribution < -0.4 is 16.6 Å². The molecule has 4 heterocycles. The Hall–Kier alpha value is -3.42. The highest BCUT2D eigenvalue weighted by atomic mass is 32.2. The van der Waals surface area contributed by atoms with Crippen LogP contribution in [0, 0.1) is 0 Å². The Morgan fingerprint density at radius 3 is 2.62 bits per heavy atom. The largest absolute Gasteiger partial charge is 0.477 e. The lowest BCUT2D eigenvalue weighted by Gasteiger charge is -2.49. The van der Waals surface area contributed by atoms with E-state index < -0.39 is 46.3 Å². The molecule has 0 bridgehead atoms. The number of aromatic nitrogens is 3. The third kappa shape index (κ3) is 5.45. The van der Waals surface area contributed by atoms with Crippen molar-refractivity contribution in [2.45, 2.75) is 47.4 Å². The summed E-state index contributed by atoms with van der Waals surface area (Å²) in [6.45, 7) is 0. The average Bonchev–Trinajstić information content (AvgIpc) is 3.67.